The average Bonchev–Trinajstić information content (AvgIpc) is 2.00. The Morgan fingerprint density at radius 1 is 1.42 bits per heavy atom. The molecule has 12 heavy (non-hydrogen) atoms. The van der Waals surface area contributed by atoms with Crippen LogP contribution in [0.25, 0.3) is 0 Å². The van der Waals surface area contributed by atoms with Gasteiger partial charge in [0, 0.05) is 11.6 Å². The summed E-state index contributed by atoms with van der Waals surface area (Å²) in [5, 5.41) is 0. The first-order valence-corrected chi connectivity index (χ1v) is 4.87. The Bertz CT molecular complexity index is 119. The van der Waals surface area contributed by atoms with Crippen LogP contribution >= 0.6 is 0 Å². The molecule has 2 N–H and O–H groups in total. The van der Waals surface area contributed by atoms with Crippen LogP contribution in [0.3, 0.4) is 0 Å². The molecule has 2 nitrogen and oxygen atoms in total. The average molecular weight is 172 g/mol. The molecule has 0 aromatic rings. The topological polar surface area (TPSA) is 29.3 Å². The molecular formula is C10H24N2. The van der Waals surface area contributed by atoms with Crippen LogP contribution in [-0.2, 0) is 0 Å². The SMILES string of the molecule is CCC(C)(C)N(C)CCC(C)N. The largest absolute Gasteiger partial charge is 0.328 e. The van der Waals surface area contributed by atoms with Crippen LogP contribution in [0.1, 0.15) is 40.5 Å². The van der Waals surface area contributed by atoms with Crippen LogP contribution in [0, 0.1) is 0 Å². The summed E-state index contributed by atoms with van der Waals surface area (Å²) >= 11 is 0. The van der Waals surface area contributed by atoms with Crippen LogP contribution in [0.2, 0.25) is 0 Å². The summed E-state index contributed by atoms with van der Waals surface area (Å²) in [7, 11) is 2.17. The van der Waals surface area contributed by atoms with E-state index in [2.05, 4.69) is 39.6 Å². The number of nitrogens with two attached hydrogens (primary N) is 1. The summed E-state index contributed by atoms with van der Waals surface area (Å²) in [4.78, 5) is 2.39. The van der Waals surface area contributed by atoms with Crippen molar-refractivity contribution in [2.24, 2.45) is 5.73 Å². The van der Waals surface area contributed by atoms with Gasteiger partial charge in [-0.25, -0.2) is 0 Å². The van der Waals surface area contributed by atoms with E-state index in [0.29, 0.717) is 11.6 Å². The van der Waals surface area contributed by atoms with Gasteiger partial charge in [-0.3, -0.25) is 0 Å². The van der Waals surface area contributed by atoms with E-state index < -0.39 is 0 Å². The Morgan fingerprint density at radius 3 is 2.25 bits per heavy atom. The molecule has 0 aliphatic rings. The highest BCUT2D eigenvalue weighted by molar-refractivity contribution is 4.77. The second-order valence-corrected chi connectivity index (χ2v) is 4.35. The van der Waals surface area contributed by atoms with E-state index in [0.717, 1.165) is 13.0 Å². The van der Waals surface area contributed by atoms with E-state index in [-0.39, 0.29) is 0 Å². The highest BCUT2D eigenvalue weighted by Gasteiger charge is 2.20. The van der Waals surface area contributed by atoms with Gasteiger partial charge in [0.2, 0.25) is 0 Å². The van der Waals surface area contributed by atoms with Crippen LogP contribution in [0.15, 0.2) is 0 Å². The number of nitrogens with zero attached hydrogens (tertiary/aromatic N) is 1. The van der Waals surface area contributed by atoms with Crippen molar-refractivity contribution in [3.8, 4) is 0 Å². The second kappa shape index (κ2) is 4.83. The van der Waals surface area contributed by atoms with Gasteiger partial charge >= 0.3 is 0 Å². The van der Waals surface area contributed by atoms with Crippen molar-refractivity contribution in [3.63, 3.8) is 0 Å². The van der Waals surface area contributed by atoms with E-state index in [4.69, 9.17) is 5.73 Å². The maximum Gasteiger partial charge on any atom is 0.0147 e. The second-order valence-electron chi connectivity index (χ2n) is 4.35. The Balaban J connectivity index is 3.78. The maximum absolute atomic E-state index is 5.70. The maximum atomic E-state index is 5.70. The minimum Gasteiger partial charge on any atom is -0.328 e. The molecule has 0 rings (SSSR count). The number of rotatable bonds is 5. The molecule has 1 unspecified atom stereocenters. The first kappa shape index (κ1) is 11.9. The molecule has 0 heterocycles. The molecule has 0 saturated heterocycles. The first-order chi connectivity index (χ1) is 5.40. The van der Waals surface area contributed by atoms with Gasteiger partial charge in [-0.05, 0) is 47.2 Å². The molecule has 0 saturated carbocycles. The fourth-order valence-electron chi connectivity index (χ4n) is 0.970. The molecule has 0 aliphatic carbocycles. The molecule has 0 aliphatic heterocycles. The van der Waals surface area contributed by atoms with Crippen molar-refractivity contribution in [2.45, 2.75) is 52.1 Å². The van der Waals surface area contributed by atoms with Crippen LogP contribution in [-0.4, -0.2) is 30.1 Å². The van der Waals surface area contributed by atoms with E-state index in [1.54, 1.807) is 0 Å². The summed E-state index contributed by atoms with van der Waals surface area (Å²) in [6.45, 7) is 9.93. The lowest BCUT2D eigenvalue weighted by molar-refractivity contribution is 0.147. The lowest BCUT2D eigenvalue weighted by Gasteiger charge is -2.35. The normalized spacial score (nSPS) is 15.2. The lowest BCUT2D eigenvalue weighted by atomic mass is 9.99. The predicted molar refractivity (Wildman–Crippen MR) is 55.3 cm³/mol. The lowest BCUT2D eigenvalue weighted by Crippen LogP contribution is -2.42. The van der Waals surface area contributed by atoms with Gasteiger partial charge in [0.15, 0.2) is 0 Å². The van der Waals surface area contributed by atoms with Gasteiger partial charge in [-0.15, -0.1) is 0 Å². The van der Waals surface area contributed by atoms with E-state index in [9.17, 15) is 0 Å². The third kappa shape index (κ3) is 4.07. The van der Waals surface area contributed by atoms with E-state index >= 15 is 0 Å². The molecule has 0 aromatic heterocycles. The predicted octanol–water partition coefficient (Wildman–Crippen LogP) is 1.84. The fraction of sp³-hybridized carbons (Fsp3) is 1.00. The molecule has 0 bridgehead atoms. The van der Waals surface area contributed by atoms with Crippen molar-refractivity contribution in [3.05, 3.63) is 0 Å². The van der Waals surface area contributed by atoms with E-state index in [1.165, 1.54) is 6.42 Å². The van der Waals surface area contributed by atoms with Gasteiger partial charge in [0.05, 0.1) is 0 Å². The van der Waals surface area contributed by atoms with E-state index in [1.807, 2.05) is 0 Å². The first-order valence-electron chi connectivity index (χ1n) is 4.87. The van der Waals surface area contributed by atoms with Gasteiger partial charge in [0.1, 0.15) is 0 Å². The Morgan fingerprint density at radius 2 is 1.92 bits per heavy atom. The third-order valence-electron chi connectivity index (χ3n) is 2.82. The number of hydrogen-bond donors (Lipinski definition) is 1. The smallest absolute Gasteiger partial charge is 0.0147 e. The molecule has 0 radical (unpaired) electrons. The van der Waals surface area contributed by atoms with Crippen molar-refractivity contribution >= 4 is 0 Å². The summed E-state index contributed by atoms with van der Waals surface area (Å²) < 4.78 is 0. The Kier molecular flexibility index (Phi) is 4.80. The van der Waals surface area contributed by atoms with Crippen molar-refractivity contribution in [1.82, 2.24) is 4.90 Å². The monoisotopic (exact) mass is 172 g/mol. The van der Waals surface area contributed by atoms with Crippen LogP contribution < -0.4 is 5.73 Å². The quantitative estimate of drug-likeness (QED) is 0.685. The molecule has 2 heteroatoms. The van der Waals surface area contributed by atoms with Gasteiger partial charge in [-0.2, -0.15) is 0 Å². The van der Waals surface area contributed by atoms with Gasteiger partial charge in [0.25, 0.3) is 0 Å². The van der Waals surface area contributed by atoms with Gasteiger partial charge < -0.3 is 10.6 Å². The minimum atomic E-state index is 0.314. The van der Waals surface area contributed by atoms with Crippen LogP contribution in [0.4, 0.5) is 0 Å². The van der Waals surface area contributed by atoms with Crippen molar-refractivity contribution < 1.29 is 0 Å². The molecule has 0 aromatic carbocycles. The summed E-state index contributed by atoms with van der Waals surface area (Å²) in [6.07, 6.45) is 2.27. The highest BCUT2D eigenvalue weighted by Crippen LogP contribution is 2.16. The number of hydrogen-bond acceptors (Lipinski definition) is 2. The minimum absolute atomic E-state index is 0.314. The highest BCUT2D eigenvalue weighted by atomic mass is 15.2. The Labute approximate surface area is 77.1 Å². The summed E-state index contributed by atoms with van der Waals surface area (Å²) in [5.74, 6) is 0. The van der Waals surface area contributed by atoms with Crippen molar-refractivity contribution in [2.75, 3.05) is 13.6 Å². The molecule has 1 atom stereocenters. The fourth-order valence-corrected chi connectivity index (χ4v) is 0.970. The zero-order valence-corrected chi connectivity index (χ0v) is 9.22. The van der Waals surface area contributed by atoms with Gasteiger partial charge in [-0.1, -0.05) is 6.92 Å². The molecular weight excluding hydrogens is 148 g/mol. The zero-order chi connectivity index (χ0) is 9.78. The zero-order valence-electron chi connectivity index (χ0n) is 9.22. The molecule has 0 fully saturated rings. The Hall–Kier alpha value is -0.0800. The van der Waals surface area contributed by atoms with Crippen LogP contribution in [0.5, 0.6) is 0 Å². The summed E-state index contributed by atoms with van der Waals surface area (Å²) in [6, 6.07) is 0.320. The molecule has 74 valence electrons. The third-order valence-corrected chi connectivity index (χ3v) is 2.82. The van der Waals surface area contributed by atoms with Crippen molar-refractivity contribution in [1.29, 1.82) is 0 Å². The standard InChI is InChI=1S/C10H24N2/c1-6-10(3,4)12(5)8-7-9(2)11/h9H,6-8,11H2,1-5H3. The summed E-state index contributed by atoms with van der Waals surface area (Å²) in [5.41, 5.74) is 6.01. The molecule has 0 amide bonds. The molecule has 0 spiro atoms.